The average Bonchev–Trinajstić information content (AvgIpc) is 2.15. The molecule has 0 N–H and O–H groups in total. The summed E-state index contributed by atoms with van der Waals surface area (Å²) in [5, 5.41) is 0. The first-order valence-electron chi connectivity index (χ1n) is 3.57. The molecule has 1 fully saturated rings. The predicted molar refractivity (Wildman–Crippen MR) is 39.9 cm³/mol. The first-order valence-corrected chi connectivity index (χ1v) is 3.57. The summed E-state index contributed by atoms with van der Waals surface area (Å²) in [5.41, 5.74) is 0. The summed E-state index contributed by atoms with van der Waals surface area (Å²) in [7, 11) is 2.10. The quantitative estimate of drug-likeness (QED) is 0.459. The second-order valence-corrected chi connectivity index (χ2v) is 2.74. The zero-order valence-corrected chi connectivity index (χ0v) is 6.42. The standard InChI is InChI=1S/C6H14BNO/c1-3-6-5(2)8(7)4-9-6/h5-6H,3-4,7H2,1-2H3. The molecule has 2 unspecified atom stereocenters. The van der Waals surface area contributed by atoms with Crippen LogP contribution >= 0.6 is 0 Å². The Morgan fingerprint density at radius 3 is 2.67 bits per heavy atom. The Bertz CT molecular complexity index is 99.1. The molecule has 1 heterocycles. The first kappa shape index (κ1) is 7.10. The summed E-state index contributed by atoms with van der Waals surface area (Å²) in [6, 6.07) is 0.606. The van der Waals surface area contributed by atoms with Gasteiger partial charge in [0.05, 0.1) is 12.8 Å². The van der Waals surface area contributed by atoms with Crippen LogP contribution in [0.3, 0.4) is 0 Å². The van der Waals surface area contributed by atoms with Gasteiger partial charge in [-0.2, -0.15) is 0 Å². The summed E-state index contributed by atoms with van der Waals surface area (Å²) in [4.78, 5) is 2.23. The van der Waals surface area contributed by atoms with Gasteiger partial charge in [-0.3, -0.25) is 0 Å². The third-order valence-corrected chi connectivity index (χ3v) is 2.13. The van der Waals surface area contributed by atoms with Crippen molar-refractivity contribution in [2.45, 2.75) is 32.4 Å². The summed E-state index contributed by atoms with van der Waals surface area (Å²) >= 11 is 0. The molecule has 1 aliphatic rings. The van der Waals surface area contributed by atoms with E-state index in [1.807, 2.05) is 0 Å². The van der Waals surface area contributed by atoms with Crippen LogP contribution in [0.1, 0.15) is 20.3 Å². The van der Waals surface area contributed by atoms with Crippen molar-refractivity contribution in [3.8, 4) is 0 Å². The highest BCUT2D eigenvalue weighted by Gasteiger charge is 2.26. The molecule has 0 aliphatic carbocycles. The van der Waals surface area contributed by atoms with Gasteiger partial charge in [-0.25, -0.2) is 0 Å². The Morgan fingerprint density at radius 1 is 1.78 bits per heavy atom. The summed E-state index contributed by atoms with van der Waals surface area (Å²) < 4.78 is 5.45. The van der Waals surface area contributed by atoms with Gasteiger partial charge in [0.15, 0.2) is 7.98 Å². The fourth-order valence-electron chi connectivity index (χ4n) is 1.21. The molecule has 0 aromatic heterocycles. The van der Waals surface area contributed by atoms with Crippen molar-refractivity contribution in [1.82, 2.24) is 4.81 Å². The van der Waals surface area contributed by atoms with E-state index >= 15 is 0 Å². The first-order chi connectivity index (χ1) is 4.25. The Hall–Kier alpha value is -0.0151. The van der Waals surface area contributed by atoms with E-state index in [0.717, 1.165) is 13.2 Å². The maximum absolute atomic E-state index is 5.45. The van der Waals surface area contributed by atoms with Gasteiger partial charge in [0.2, 0.25) is 0 Å². The molecule has 0 aromatic carbocycles. The predicted octanol–water partition coefficient (Wildman–Crippen LogP) is -0.00870. The molecule has 0 spiro atoms. The normalized spacial score (nSPS) is 37.6. The Balaban J connectivity index is 2.41. The average molecular weight is 127 g/mol. The van der Waals surface area contributed by atoms with Gasteiger partial charge < -0.3 is 9.55 Å². The molecule has 2 nitrogen and oxygen atoms in total. The maximum atomic E-state index is 5.45. The van der Waals surface area contributed by atoms with Gasteiger partial charge >= 0.3 is 0 Å². The van der Waals surface area contributed by atoms with E-state index in [4.69, 9.17) is 4.74 Å². The molecule has 1 aliphatic heterocycles. The van der Waals surface area contributed by atoms with Crippen LogP contribution in [0.15, 0.2) is 0 Å². The molecule has 0 bridgehead atoms. The van der Waals surface area contributed by atoms with Crippen LogP contribution in [-0.4, -0.2) is 31.7 Å². The van der Waals surface area contributed by atoms with E-state index in [2.05, 4.69) is 26.6 Å². The summed E-state index contributed by atoms with van der Waals surface area (Å²) in [5.74, 6) is 0. The Labute approximate surface area is 57.6 Å². The van der Waals surface area contributed by atoms with Gasteiger partial charge in [0.1, 0.15) is 0 Å². The zero-order valence-electron chi connectivity index (χ0n) is 6.42. The molecular formula is C6H14BNO. The summed E-state index contributed by atoms with van der Waals surface area (Å²) in [6.45, 7) is 5.18. The molecule has 0 saturated carbocycles. The molecule has 0 radical (unpaired) electrons. The van der Waals surface area contributed by atoms with E-state index in [1.54, 1.807) is 0 Å². The Morgan fingerprint density at radius 2 is 2.44 bits per heavy atom. The smallest absolute Gasteiger partial charge is 0.188 e. The molecular weight excluding hydrogens is 113 g/mol. The van der Waals surface area contributed by atoms with Crippen molar-refractivity contribution >= 4 is 7.98 Å². The van der Waals surface area contributed by atoms with Gasteiger partial charge in [-0.15, -0.1) is 0 Å². The number of rotatable bonds is 1. The van der Waals surface area contributed by atoms with Crippen molar-refractivity contribution < 1.29 is 4.74 Å². The topological polar surface area (TPSA) is 12.5 Å². The lowest BCUT2D eigenvalue weighted by atomic mass is 10.1. The zero-order chi connectivity index (χ0) is 6.85. The molecule has 2 atom stereocenters. The van der Waals surface area contributed by atoms with Crippen LogP contribution in [-0.2, 0) is 4.74 Å². The molecule has 0 aromatic rings. The lowest BCUT2D eigenvalue weighted by molar-refractivity contribution is 0.0962. The lowest BCUT2D eigenvalue weighted by Crippen LogP contribution is -2.29. The maximum Gasteiger partial charge on any atom is 0.188 e. The number of hydrogen-bond acceptors (Lipinski definition) is 2. The SMILES string of the molecule is BN1COC(CC)C1C. The van der Waals surface area contributed by atoms with Crippen molar-refractivity contribution in [3.05, 3.63) is 0 Å². The van der Waals surface area contributed by atoms with Crippen LogP contribution < -0.4 is 0 Å². The number of nitrogens with zero attached hydrogens (tertiary/aromatic N) is 1. The number of hydrogen-bond donors (Lipinski definition) is 0. The minimum Gasteiger partial charge on any atom is -0.362 e. The minimum absolute atomic E-state index is 0.468. The lowest BCUT2D eigenvalue weighted by Gasteiger charge is -2.15. The van der Waals surface area contributed by atoms with E-state index < -0.39 is 0 Å². The van der Waals surface area contributed by atoms with E-state index in [1.165, 1.54) is 0 Å². The van der Waals surface area contributed by atoms with Crippen LogP contribution in [0.2, 0.25) is 0 Å². The molecule has 9 heavy (non-hydrogen) atoms. The van der Waals surface area contributed by atoms with E-state index in [9.17, 15) is 0 Å². The monoisotopic (exact) mass is 127 g/mol. The van der Waals surface area contributed by atoms with Gasteiger partial charge in [-0.05, 0) is 13.3 Å². The van der Waals surface area contributed by atoms with Crippen LogP contribution in [0, 0.1) is 0 Å². The van der Waals surface area contributed by atoms with Crippen LogP contribution in [0.4, 0.5) is 0 Å². The van der Waals surface area contributed by atoms with E-state index in [-0.39, 0.29) is 0 Å². The fourth-order valence-corrected chi connectivity index (χ4v) is 1.21. The molecule has 1 rings (SSSR count). The summed E-state index contributed by atoms with van der Waals surface area (Å²) in [6.07, 6.45) is 1.60. The van der Waals surface area contributed by atoms with Crippen molar-refractivity contribution in [3.63, 3.8) is 0 Å². The Kier molecular flexibility index (Phi) is 2.14. The largest absolute Gasteiger partial charge is 0.362 e. The molecule has 52 valence electrons. The second-order valence-electron chi connectivity index (χ2n) is 2.74. The van der Waals surface area contributed by atoms with Gasteiger partial charge in [0, 0.05) is 6.04 Å². The van der Waals surface area contributed by atoms with Crippen LogP contribution in [0.25, 0.3) is 0 Å². The van der Waals surface area contributed by atoms with E-state index in [0.29, 0.717) is 12.1 Å². The minimum atomic E-state index is 0.468. The molecule has 3 heteroatoms. The fraction of sp³-hybridized carbons (Fsp3) is 1.00. The third kappa shape index (κ3) is 1.27. The van der Waals surface area contributed by atoms with Crippen LogP contribution in [0.5, 0.6) is 0 Å². The van der Waals surface area contributed by atoms with Gasteiger partial charge in [-0.1, -0.05) is 6.92 Å². The molecule has 1 saturated heterocycles. The number of ether oxygens (including phenoxy) is 1. The van der Waals surface area contributed by atoms with Crippen molar-refractivity contribution in [2.24, 2.45) is 0 Å². The highest BCUT2D eigenvalue weighted by molar-refractivity contribution is 6.04. The highest BCUT2D eigenvalue weighted by atomic mass is 16.5. The third-order valence-electron chi connectivity index (χ3n) is 2.13. The molecule has 0 amide bonds. The second kappa shape index (κ2) is 2.71. The van der Waals surface area contributed by atoms with Gasteiger partial charge in [0.25, 0.3) is 0 Å². The van der Waals surface area contributed by atoms with Crippen molar-refractivity contribution in [2.75, 3.05) is 6.73 Å². The van der Waals surface area contributed by atoms with Crippen molar-refractivity contribution in [1.29, 1.82) is 0 Å². The highest BCUT2D eigenvalue weighted by Crippen LogP contribution is 2.15.